The Balaban J connectivity index is 2.51. The van der Waals surface area contributed by atoms with E-state index in [0.717, 1.165) is 5.75 Å². The van der Waals surface area contributed by atoms with Gasteiger partial charge in [0.1, 0.15) is 5.75 Å². The lowest BCUT2D eigenvalue weighted by Gasteiger charge is -2.06. The van der Waals surface area contributed by atoms with E-state index >= 15 is 0 Å². The van der Waals surface area contributed by atoms with Crippen molar-refractivity contribution in [2.75, 3.05) is 13.2 Å². The molecule has 1 rings (SSSR count). The summed E-state index contributed by atoms with van der Waals surface area (Å²) in [7, 11) is 0. The lowest BCUT2D eigenvalue weighted by atomic mass is 10.1. The fourth-order valence-corrected chi connectivity index (χ4v) is 1.05. The zero-order valence-corrected chi connectivity index (χ0v) is 8.40. The van der Waals surface area contributed by atoms with Crippen molar-refractivity contribution in [1.82, 2.24) is 0 Å². The standard InChI is InChI=1S/C10H13N3O/c1-8-3-4-10(7-9(8)2)14-6-5-12-13-11/h3-4,7H,5-6H2,1-2H3. The molecule has 0 heterocycles. The van der Waals surface area contributed by atoms with Gasteiger partial charge in [-0.2, -0.15) is 0 Å². The van der Waals surface area contributed by atoms with E-state index in [0.29, 0.717) is 13.2 Å². The van der Waals surface area contributed by atoms with E-state index in [1.165, 1.54) is 11.1 Å². The quantitative estimate of drug-likeness (QED) is 0.312. The summed E-state index contributed by atoms with van der Waals surface area (Å²) in [5.41, 5.74) is 10.5. The molecule has 0 atom stereocenters. The second kappa shape index (κ2) is 5.14. The van der Waals surface area contributed by atoms with Gasteiger partial charge in [-0.05, 0) is 42.6 Å². The zero-order valence-electron chi connectivity index (χ0n) is 8.40. The van der Waals surface area contributed by atoms with Crippen LogP contribution in [0.3, 0.4) is 0 Å². The van der Waals surface area contributed by atoms with Gasteiger partial charge in [0.05, 0.1) is 13.2 Å². The highest BCUT2D eigenvalue weighted by molar-refractivity contribution is 5.33. The Morgan fingerprint density at radius 1 is 1.36 bits per heavy atom. The largest absolute Gasteiger partial charge is 0.493 e. The van der Waals surface area contributed by atoms with Crippen molar-refractivity contribution < 1.29 is 4.74 Å². The lowest BCUT2D eigenvalue weighted by molar-refractivity contribution is 0.328. The highest BCUT2D eigenvalue weighted by atomic mass is 16.5. The third-order valence-corrected chi connectivity index (χ3v) is 2.00. The van der Waals surface area contributed by atoms with E-state index in [4.69, 9.17) is 10.3 Å². The minimum absolute atomic E-state index is 0.365. The molecule has 1 aromatic rings. The Hall–Kier alpha value is -1.67. The molecule has 0 aromatic heterocycles. The van der Waals surface area contributed by atoms with E-state index in [-0.39, 0.29) is 0 Å². The van der Waals surface area contributed by atoms with E-state index in [1.807, 2.05) is 25.1 Å². The highest BCUT2D eigenvalue weighted by Crippen LogP contribution is 2.16. The summed E-state index contributed by atoms with van der Waals surface area (Å²) in [6.07, 6.45) is 0. The minimum Gasteiger partial charge on any atom is -0.493 e. The van der Waals surface area contributed by atoms with Crippen molar-refractivity contribution in [3.05, 3.63) is 39.8 Å². The van der Waals surface area contributed by atoms with Crippen LogP contribution in [0, 0.1) is 13.8 Å². The summed E-state index contributed by atoms with van der Waals surface area (Å²) in [5, 5.41) is 3.38. The van der Waals surface area contributed by atoms with Gasteiger partial charge in [0.25, 0.3) is 0 Å². The summed E-state index contributed by atoms with van der Waals surface area (Å²) in [6, 6.07) is 5.90. The number of benzene rings is 1. The van der Waals surface area contributed by atoms with Gasteiger partial charge in [0.2, 0.25) is 0 Å². The van der Waals surface area contributed by atoms with Gasteiger partial charge in [-0.3, -0.25) is 0 Å². The normalized spacial score (nSPS) is 9.29. The van der Waals surface area contributed by atoms with Crippen molar-refractivity contribution in [3.8, 4) is 5.75 Å². The topological polar surface area (TPSA) is 58.0 Å². The molecule has 0 saturated carbocycles. The maximum atomic E-state index is 8.05. The minimum atomic E-state index is 0.365. The number of hydrogen-bond acceptors (Lipinski definition) is 2. The van der Waals surface area contributed by atoms with E-state index in [2.05, 4.69) is 16.9 Å². The van der Waals surface area contributed by atoms with Gasteiger partial charge in [-0.1, -0.05) is 11.2 Å². The highest BCUT2D eigenvalue weighted by Gasteiger charge is 1.96. The SMILES string of the molecule is Cc1ccc(OCCN=[N+]=[N-])cc1C. The summed E-state index contributed by atoms with van der Waals surface area (Å²) < 4.78 is 5.38. The number of rotatable bonds is 4. The van der Waals surface area contributed by atoms with Crippen LogP contribution in [0.25, 0.3) is 10.4 Å². The predicted molar refractivity (Wildman–Crippen MR) is 55.4 cm³/mol. The molecule has 4 nitrogen and oxygen atoms in total. The number of nitrogens with zero attached hydrogens (tertiary/aromatic N) is 3. The molecule has 0 N–H and O–H groups in total. The molecule has 0 aliphatic carbocycles. The van der Waals surface area contributed by atoms with Crippen LogP contribution in [0.5, 0.6) is 5.75 Å². The fourth-order valence-electron chi connectivity index (χ4n) is 1.05. The van der Waals surface area contributed by atoms with Crippen LogP contribution in [0.1, 0.15) is 11.1 Å². The third-order valence-electron chi connectivity index (χ3n) is 2.00. The van der Waals surface area contributed by atoms with Crippen LogP contribution < -0.4 is 4.74 Å². The first-order chi connectivity index (χ1) is 6.74. The predicted octanol–water partition coefficient (Wildman–Crippen LogP) is 2.99. The molecule has 74 valence electrons. The molecule has 0 aliphatic rings. The average Bonchev–Trinajstić information content (AvgIpc) is 2.18. The Kier molecular flexibility index (Phi) is 3.83. The molecule has 0 bridgehead atoms. The Bertz CT molecular complexity index is 356. The van der Waals surface area contributed by atoms with E-state index < -0.39 is 0 Å². The van der Waals surface area contributed by atoms with Crippen LogP contribution in [0.15, 0.2) is 23.3 Å². The van der Waals surface area contributed by atoms with Gasteiger partial charge in [-0.25, -0.2) is 0 Å². The summed E-state index contributed by atoms with van der Waals surface area (Å²) >= 11 is 0. The van der Waals surface area contributed by atoms with Crippen molar-refractivity contribution in [2.45, 2.75) is 13.8 Å². The van der Waals surface area contributed by atoms with Crippen molar-refractivity contribution >= 4 is 0 Å². The molecular formula is C10H13N3O. The van der Waals surface area contributed by atoms with E-state index in [9.17, 15) is 0 Å². The smallest absolute Gasteiger partial charge is 0.119 e. The Morgan fingerprint density at radius 3 is 2.79 bits per heavy atom. The molecule has 0 saturated heterocycles. The second-order valence-corrected chi connectivity index (χ2v) is 3.05. The summed E-state index contributed by atoms with van der Waals surface area (Å²) in [5.74, 6) is 0.821. The van der Waals surface area contributed by atoms with Gasteiger partial charge in [0.15, 0.2) is 0 Å². The first-order valence-corrected chi connectivity index (χ1v) is 4.45. The maximum Gasteiger partial charge on any atom is 0.119 e. The molecule has 0 unspecified atom stereocenters. The third kappa shape index (κ3) is 2.99. The number of hydrogen-bond donors (Lipinski definition) is 0. The maximum absolute atomic E-state index is 8.05. The number of azide groups is 1. The van der Waals surface area contributed by atoms with Crippen molar-refractivity contribution in [2.24, 2.45) is 5.11 Å². The fraction of sp³-hybridized carbons (Fsp3) is 0.400. The lowest BCUT2D eigenvalue weighted by Crippen LogP contribution is -2.00. The average molecular weight is 191 g/mol. The molecule has 0 aliphatic heterocycles. The molecule has 1 aromatic carbocycles. The van der Waals surface area contributed by atoms with Gasteiger partial charge < -0.3 is 4.74 Å². The summed E-state index contributed by atoms with van der Waals surface area (Å²) in [6.45, 7) is 4.88. The van der Waals surface area contributed by atoms with Crippen LogP contribution in [0.2, 0.25) is 0 Å². The molecule has 0 amide bonds. The molecule has 0 spiro atoms. The number of ether oxygens (including phenoxy) is 1. The molecule has 0 fully saturated rings. The first kappa shape index (κ1) is 10.4. The molecule has 0 radical (unpaired) electrons. The second-order valence-electron chi connectivity index (χ2n) is 3.05. The van der Waals surface area contributed by atoms with E-state index in [1.54, 1.807) is 0 Å². The molecule has 14 heavy (non-hydrogen) atoms. The number of aryl methyl sites for hydroxylation is 2. The molecule has 4 heteroatoms. The molecular weight excluding hydrogens is 178 g/mol. The van der Waals surface area contributed by atoms with Crippen LogP contribution in [-0.2, 0) is 0 Å². The van der Waals surface area contributed by atoms with Crippen LogP contribution in [0.4, 0.5) is 0 Å². The first-order valence-electron chi connectivity index (χ1n) is 4.45. The van der Waals surface area contributed by atoms with Crippen LogP contribution >= 0.6 is 0 Å². The van der Waals surface area contributed by atoms with Gasteiger partial charge in [0, 0.05) is 4.91 Å². The van der Waals surface area contributed by atoms with Gasteiger partial charge in [-0.15, -0.1) is 0 Å². The zero-order chi connectivity index (χ0) is 10.4. The summed E-state index contributed by atoms with van der Waals surface area (Å²) in [4.78, 5) is 2.64. The van der Waals surface area contributed by atoms with Crippen LogP contribution in [-0.4, -0.2) is 13.2 Å². The Labute approximate surface area is 83.1 Å². The monoisotopic (exact) mass is 191 g/mol. The van der Waals surface area contributed by atoms with Crippen molar-refractivity contribution in [3.63, 3.8) is 0 Å². The van der Waals surface area contributed by atoms with Crippen molar-refractivity contribution in [1.29, 1.82) is 0 Å². The Morgan fingerprint density at radius 2 is 2.14 bits per heavy atom. The van der Waals surface area contributed by atoms with Gasteiger partial charge >= 0.3 is 0 Å².